The standard InChI is InChI=1S/C21H30N6O/c1-16(2)14-25-8-10-26(11-9-25)21(28)17-4-3-7-27(15-17)18-12-19-20(24-13-18)23-6-5-22-19/h5-6,12-13,16-17H,3-4,7-11,14-15H2,1-2H3. The number of carbonyl (C=O) groups is 1. The average molecular weight is 383 g/mol. The highest BCUT2D eigenvalue weighted by atomic mass is 16.2. The fraction of sp³-hybridized carbons (Fsp3) is 0.619. The van der Waals surface area contributed by atoms with Gasteiger partial charge >= 0.3 is 0 Å². The number of amides is 1. The molecule has 2 aromatic heterocycles. The van der Waals surface area contributed by atoms with Gasteiger partial charge in [-0.15, -0.1) is 0 Å². The molecule has 0 aromatic carbocycles. The SMILES string of the molecule is CC(C)CN1CCN(C(=O)C2CCCN(c3cnc4nccnc4c3)C2)CC1. The Bertz CT molecular complexity index is 817. The smallest absolute Gasteiger partial charge is 0.227 e. The molecule has 2 saturated heterocycles. The van der Waals surface area contributed by atoms with Crippen LogP contribution in [0.25, 0.3) is 11.2 Å². The van der Waals surface area contributed by atoms with Gasteiger partial charge in [-0.2, -0.15) is 0 Å². The summed E-state index contributed by atoms with van der Waals surface area (Å²) >= 11 is 0. The first kappa shape index (κ1) is 19.1. The maximum atomic E-state index is 13.1. The van der Waals surface area contributed by atoms with E-state index >= 15 is 0 Å². The predicted molar refractivity (Wildman–Crippen MR) is 110 cm³/mol. The van der Waals surface area contributed by atoms with Gasteiger partial charge in [0.25, 0.3) is 0 Å². The van der Waals surface area contributed by atoms with Crippen LogP contribution in [-0.2, 0) is 4.79 Å². The Hall–Kier alpha value is -2.28. The maximum Gasteiger partial charge on any atom is 0.227 e. The van der Waals surface area contributed by atoms with Crippen molar-refractivity contribution < 1.29 is 4.79 Å². The van der Waals surface area contributed by atoms with Crippen molar-refractivity contribution in [3.8, 4) is 0 Å². The zero-order valence-corrected chi connectivity index (χ0v) is 16.9. The molecule has 1 unspecified atom stereocenters. The fourth-order valence-electron chi connectivity index (χ4n) is 4.36. The molecule has 7 nitrogen and oxygen atoms in total. The van der Waals surface area contributed by atoms with Crippen LogP contribution in [0.1, 0.15) is 26.7 Å². The molecule has 4 rings (SSSR count). The maximum absolute atomic E-state index is 13.1. The van der Waals surface area contributed by atoms with Crippen LogP contribution in [0.15, 0.2) is 24.7 Å². The highest BCUT2D eigenvalue weighted by Gasteiger charge is 2.31. The van der Waals surface area contributed by atoms with E-state index < -0.39 is 0 Å². The lowest BCUT2D eigenvalue weighted by atomic mass is 9.95. The minimum atomic E-state index is 0.0722. The van der Waals surface area contributed by atoms with E-state index in [0.717, 1.165) is 69.9 Å². The van der Waals surface area contributed by atoms with E-state index in [2.05, 4.69) is 43.5 Å². The summed E-state index contributed by atoms with van der Waals surface area (Å²) in [6.07, 6.45) is 7.21. The summed E-state index contributed by atoms with van der Waals surface area (Å²) in [7, 11) is 0. The number of fused-ring (bicyclic) bond motifs is 1. The molecule has 2 aliphatic rings. The number of hydrogen-bond acceptors (Lipinski definition) is 6. The topological polar surface area (TPSA) is 65.5 Å². The average Bonchev–Trinajstić information content (AvgIpc) is 2.73. The molecule has 2 aliphatic heterocycles. The van der Waals surface area contributed by atoms with E-state index in [-0.39, 0.29) is 5.92 Å². The number of rotatable bonds is 4. The molecule has 1 atom stereocenters. The lowest BCUT2D eigenvalue weighted by Gasteiger charge is -2.39. The van der Waals surface area contributed by atoms with Crippen LogP contribution in [0.5, 0.6) is 0 Å². The van der Waals surface area contributed by atoms with Crippen molar-refractivity contribution in [1.82, 2.24) is 24.8 Å². The fourth-order valence-corrected chi connectivity index (χ4v) is 4.36. The van der Waals surface area contributed by atoms with E-state index in [0.29, 0.717) is 17.5 Å². The molecule has 0 N–H and O–H groups in total. The number of piperidine rings is 1. The van der Waals surface area contributed by atoms with Crippen LogP contribution < -0.4 is 4.90 Å². The minimum Gasteiger partial charge on any atom is -0.369 e. The second kappa shape index (κ2) is 8.39. The highest BCUT2D eigenvalue weighted by molar-refractivity contribution is 5.80. The molecule has 2 fully saturated rings. The minimum absolute atomic E-state index is 0.0722. The van der Waals surface area contributed by atoms with Gasteiger partial charge < -0.3 is 9.80 Å². The van der Waals surface area contributed by atoms with Crippen molar-refractivity contribution in [2.75, 3.05) is 50.7 Å². The Balaban J connectivity index is 1.38. The summed E-state index contributed by atoms with van der Waals surface area (Å²) in [5.41, 5.74) is 2.50. The molecule has 2 aromatic rings. The third-order valence-electron chi connectivity index (χ3n) is 5.75. The van der Waals surface area contributed by atoms with Gasteiger partial charge in [-0.3, -0.25) is 14.7 Å². The lowest BCUT2D eigenvalue weighted by molar-refractivity contribution is -0.137. The molecule has 4 heterocycles. The van der Waals surface area contributed by atoms with Gasteiger partial charge in [-0.1, -0.05) is 13.8 Å². The normalized spacial score (nSPS) is 21.5. The van der Waals surface area contributed by atoms with Gasteiger partial charge in [0.15, 0.2) is 5.65 Å². The Morgan fingerprint density at radius 3 is 2.68 bits per heavy atom. The van der Waals surface area contributed by atoms with Gasteiger partial charge in [0.05, 0.1) is 17.8 Å². The number of aromatic nitrogens is 3. The van der Waals surface area contributed by atoms with Crippen molar-refractivity contribution in [3.05, 3.63) is 24.7 Å². The van der Waals surface area contributed by atoms with Crippen LogP contribution in [-0.4, -0.2) is 76.5 Å². The molecule has 28 heavy (non-hydrogen) atoms. The summed E-state index contributed by atoms with van der Waals surface area (Å²) < 4.78 is 0. The van der Waals surface area contributed by atoms with Gasteiger partial charge in [-0.05, 0) is 24.8 Å². The monoisotopic (exact) mass is 382 g/mol. The van der Waals surface area contributed by atoms with Crippen molar-refractivity contribution in [2.24, 2.45) is 11.8 Å². The first-order chi connectivity index (χ1) is 13.6. The van der Waals surface area contributed by atoms with Gasteiger partial charge in [0.1, 0.15) is 5.52 Å². The lowest BCUT2D eigenvalue weighted by Crippen LogP contribution is -2.53. The van der Waals surface area contributed by atoms with E-state index in [1.54, 1.807) is 12.4 Å². The summed E-state index contributed by atoms with van der Waals surface area (Å²) in [6, 6.07) is 2.03. The van der Waals surface area contributed by atoms with E-state index in [1.165, 1.54) is 0 Å². The second-order valence-corrected chi connectivity index (χ2v) is 8.40. The van der Waals surface area contributed by atoms with Crippen LogP contribution in [0, 0.1) is 11.8 Å². The molecule has 7 heteroatoms. The van der Waals surface area contributed by atoms with Crippen LogP contribution >= 0.6 is 0 Å². The molecule has 150 valence electrons. The van der Waals surface area contributed by atoms with E-state index in [4.69, 9.17) is 0 Å². The molecule has 0 spiro atoms. The zero-order valence-electron chi connectivity index (χ0n) is 16.9. The van der Waals surface area contributed by atoms with E-state index in [1.807, 2.05) is 12.3 Å². The third kappa shape index (κ3) is 4.24. The number of piperazine rings is 1. The van der Waals surface area contributed by atoms with Crippen molar-refractivity contribution >= 4 is 22.8 Å². The number of anilines is 1. The number of carbonyl (C=O) groups excluding carboxylic acids is 1. The van der Waals surface area contributed by atoms with Gasteiger partial charge in [0.2, 0.25) is 5.91 Å². The summed E-state index contributed by atoms with van der Waals surface area (Å²) in [6.45, 7) is 11.0. The predicted octanol–water partition coefficient (Wildman–Crippen LogP) is 2.04. The first-order valence-electron chi connectivity index (χ1n) is 10.4. The molecule has 0 aliphatic carbocycles. The first-order valence-corrected chi connectivity index (χ1v) is 10.4. The number of nitrogens with zero attached hydrogens (tertiary/aromatic N) is 6. The summed E-state index contributed by atoms with van der Waals surface area (Å²) in [5, 5.41) is 0. The third-order valence-corrected chi connectivity index (χ3v) is 5.75. The molecule has 0 radical (unpaired) electrons. The van der Waals surface area contributed by atoms with Crippen molar-refractivity contribution in [2.45, 2.75) is 26.7 Å². The summed E-state index contributed by atoms with van der Waals surface area (Å²) in [5.74, 6) is 1.07. The van der Waals surface area contributed by atoms with Crippen LogP contribution in [0.3, 0.4) is 0 Å². The van der Waals surface area contributed by atoms with Crippen LogP contribution in [0.4, 0.5) is 5.69 Å². The molecule has 1 amide bonds. The Kier molecular flexibility index (Phi) is 5.71. The van der Waals surface area contributed by atoms with Gasteiger partial charge in [0, 0.05) is 58.2 Å². The van der Waals surface area contributed by atoms with Crippen molar-refractivity contribution in [3.63, 3.8) is 0 Å². The largest absolute Gasteiger partial charge is 0.369 e. The zero-order chi connectivity index (χ0) is 19.5. The quantitative estimate of drug-likeness (QED) is 0.806. The van der Waals surface area contributed by atoms with Crippen LogP contribution in [0.2, 0.25) is 0 Å². The molecular formula is C21H30N6O. The molecule has 0 bridgehead atoms. The van der Waals surface area contributed by atoms with Gasteiger partial charge in [-0.25, -0.2) is 9.97 Å². The number of hydrogen-bond donors (Lipinski definition) is 0. The van der Waals surface area contributed by atoms with E-state index in [9.17, 15) is 4.79 Å². The highest BCUT2D eigenvalue weighted by Crippen LogP contribution is 2.26. The molecular weight excluding hydrogens is 352 g/mol. The Morgan fingerprint density at radius 2 is 1.89 bits per heavy atom. The van der Waals surface area contributed by atoms with Crippen molar-refractivity contribution in [1.29, 1.82) is 0 Å². The summed E-state index contributed by atoms with van der Waals surface area (Å²) in [4.78, 5) is 33.0. The Labute approximate surface area is 166 Å². The Morgan fingerprint density at radius 1 is 1.11 bits per heavy atom. The molecule has 0 saturated carbocycles. The number of pyridine rings is 1. The second-order valence-electron chi connectivity index (χ2n) is 8.40.